The minimum atomic E-state index is -0.686. The molecule has 12 nitrogen and oxygen atoms in total. The summed E-state index contributed by atoms with van der Waals surface area (Å²) in [5, 5.41) is 6.82. The number of pyridine rings is 1. The number of nitrogens with one attached hydrogen (secondary N) is 2. The first kappa shape index (κ1) is 30.0. The zero-order valence-electron chi connectivity index (χ0n) is 25.7. The average molecular weight is 602 g/mol. The normalized spacial score (nSPS) is 19.1. The maximum Gasteiger partial charge on any atom is 0.271 e. The lowest BCUT2D eigenvalue weighted by Crippen LogP contribution is -2.52. The number of primary amides is 1. The second-order valence-electron chi connectivity index (χ2n) is 11.8. The molecule has 6 rings (SSSR count). The third-order valence-corrected chi connectivity index (χ3v) is 8.92. The molecule has 1 aromatic carbocycles. The number of aromatic nitrogens is 3. The number of likely N-dealkylation sites (N-methyl/N-ethyl adjacent to an activating group) is 1. The van der Waals surface area contributed by atoms with Gasteiger partial charge in [-0.15, -0.1) is 0 Å². The van der Waals surface area contributed by atoms with Gasteiger partial charge in [0.05, 0.1) is 7.11 Å². The van der Waals surface area contributed by atoms with Crippen LogP contribution in [-0.2, 0) is 4.74 Å². The Balaban J connectivity index is 1.21. The predicted octanol–water partition coefficient (Wildman–Crippen LogP) is 3.20. The van der Waals surface area contributed by atoms with Gasteiger partial charge in [0.15, 0.2) is 17.3 Å². The number of hydrogen-bond donors (Lipinski definition) is 3. The van der Waals surface area contributed by atoms with Crippen LogP contribution >= 0.6 is 0 Å². The van der Waals surface area contributed by atoms with E-state index in [4.69, 9.17) is 25.2 Å². The highest BCUT2D eigenvalue weighted by Gasteiger charge is 2.27. The standard InChI is InChI=1S/C32H43N9O3/c1-39-16-18-41(19-17-39)25-9-14-40(15-10-25)24-7-5-22(6-8-24)35-32-29(30(33)42)37-28(27-26(43-2)4-3-13-34-27)31(38-32)36-23-11-20-44-21-12-23/h3-8,13,23,25H,9-12,14-21H2,1-2H3,(H2,33,42)(H2,35,36,38). The van der Waals surface area contributed by atoms with Crippen LogP contribution in [0, 0.1) is 0 Å². The molecule has 0 atom stereocenters. The van der Waals surface area contributed by atoms with Crippen LogP contribution in [0.4, 0.5) is 23.0 Å². The van der Waals surface area contributed by atoms with Crippen LogP contribution in [0.25, 0.3) is 11.4 Å². The van der Waals surface area contributed by atoms with Gasteiger partial charge in [-0.3, -0.25) is 14.7 Å². The molecule has 0 radical (unpaired) electrons. The summed E-state index contributed by atoms with van der Waals surface area (Å²) in [6.07, 6.45) is 5.67. The van der Waals surface area contributed by atoms with Gasteiger partial charge in [0.1, 0.15) is 17.1 Å². The molecule has 3 aliphatic heterocycles. The largest absolute Gasteiger partial charge is 0.494 e. The molecular formula is C32H43N9O3. The van der Waals surface area contributed by atoms with Crippen LogP contribution in [0.3, 0.4) is 0 Å². The Labute approximate surface area is 258 Å². The van der Waals surface area contributed by atoms with Crippen molar-refractivity contribution in [2.75, 3.05) is 82.2 Å². The summed E-state index contributed by atoms with van der Waals surface area (Å²) in [6, 6.07) is 12.6. The number of anilines is 4. The second kappa shape index (κ2) is 13.7. The Morgan fingerprint density at radius 2 is 1.66 bits per heavy atom. The smallest absolute Gasteiger partial charge is 0.271 e. The predicted molar refractivity (Wildman–Crippen MR) is 172 cm³/mol. The van der Waals surface area contributed by atoms with Crippen LogP contribution in [0.2, 0.25) is 0 Å². The number of nitrogens with two attached hydrogens (primary N) is 1. The highest BCUT2D eigenvalue weighted by molar-refractivity contribution is 5.97. The molecule has 44 heavy (non-hydrogen) atoms. The third-order valence-electron chi connectivity index (χ3n) is 8.92. The van der Waals surface area contributed by atoms with E-state index in [9.17, 15) is 4.79 Å². The molecule has 3 aliphatic rings. The van der Waals surface area contributed by atoms with Crippen LogP contribution in [0.5, 0.6) is 5.75 Å². The number of amides is 1. The van der Waals surface area contributed by atoms with Crippen molar-refractivity contribution in [3.8, 4) is 17.1 Å². The summed E-state index contributed by atoms with van der Waals surface area (Å²) in [5.41, 5.74) is 8.72. The van der Waals surface area contributed by atoms with Gasteiger partial charge in [-0.05, 0) is 69.1 Å². The molecule has 2 aromatic heterocycles. The first-order valence-electron chi connectivity index (χ1n) is 15.6. The number of methoxy groups -OCH3 is 1. The first-order valence-corrected chi connectivity index (χ1v) is 15.6. The molecule has 3 saturated heterocycles. The fraction of sp³-hybridized carbons (Fsp3) is 0.500. The van der Waals surface area contributed by atoms with Gasteiger partial charge in [0.25, 0.3) is 5.91 Å². The molecule has 234 valence electrons. The summed E-state index contributed by atoms with van der Waals surface area (Å²) in [4.78, 5) is 34.3. The Morgan fingerprint density at radius 1 is 0.932 bits per heavy atom. The van der Waals surface area contributed by atoms with Gasteiger partial charge in [-0.1, -0.05) is 0 Å². The van der Waals surface area contributed by atoms with E-state index in [-0.39, 0.29) is 17.6 Å². The lowest BCUT2D eigenvalue weighted by molar-refractivity contribution is 0.0904. The van der Waals surface area contributed by atoms with Crippen molar-refractivity contribution in [3.05, 3.63) is 48.3 Å². The number of carbonyl (C=O) groups is 1. The van der Waals surface area contributed by atoms with Gasteiger partial charge in [0, 0.05) is 82.1 Å². The van der Waals surface area contributed by atoms with E-state index in [0.29, 0.717) is 42.2 Å². The Morgan fingerprint density at radius 3 is 2.34 bits per heavy atom. The number of ether oxygens (including phenoxy) is 2. The van der Waals surface area contributed by atoms with Gasteiger partial charge in [-0.25, -0.2) is 9.97 Å². The summed E-state index contributed by atoms with van der Waals surface area (Å²) < 4.78 is 11.1. The fourth-order valence-electron chi connectivity index (χ4n) is 6.30. The third kappa shape index (κ3) is 6.87. The van der Waals surface area contributed by atoms with Crippen LogP contribution in [0.15, 0.2) is 42.6 Å². The monoisotopic (exact) mass is 601 g/mol. The fourth-order valence-corrected chi connectivity index (χ4v) is 6.30. The zero-order valence-corrected chi connectivity index (χ0v) is 25.7. The van der Waals surface area contributed by atoms with E-state index >= 15 is 0 Å². The summed E-state index contributed by atoms with van der Waals surface area (Å²) in [7, 11) is 3.78. The van der Waals surface area contributed by atoms with Gasteiger partial charge < -0.3 is 35.6 Å². The lowest BCUT2D eigenvalue weighted by Gasteiger charge is -2.42. The van der Waals surface area contributed by atoms with Gasteiger partial charge >= 0.3 is 0 Å². The van der Waals surface area contributed by atoms with Crippen molar-refractivity contribution in [2.45, 2.75) is 37.8 Å². The van der Waals surface area contributed by atoms with E-state index in [2.05, 4.69) is 49.5 Å². The number of piperazine rings is 1. The van der Waals surface area contributed by atoms with E-state index in [1.165, 1.54) is 31.6 Å². The molecule has 0 bridgehead atoms. The molecule has 5 heterocycles. The van der Waals surface area contributed by atoms with Crippen molar-refractivity contribution in [1.29, 1.82) is 0 Å². The molecule has 0 aliphatic carbocycles. The summed E-state index contributed by atoms with van der Waals surface area (Å²) in [6.45, 7) is 8.06. The van der Waals surface area contributed by atoms with Gasteiger partial charge in [-0.2, -0.15) is 0 Å². The van der Waals surface area contributed by atoms with E-state index in [1.807, 2.05) is 12.1 Å². The van der Waals surface area contributed by atoms with Crippen molar-refractivity contribution >= 4 is 28.9 Å². The SMILES string of the molecule is COc1cccnc1-c1nc(C(N)=O)c(Nc2ccc(N3CCC(N4CCN(C)CC4)CC3)cc2)nc1NC1CCOCC1. The van der Waals surface area contributed by atoms with Crippen LogP contribution in [-0.4, -0.2) is 109 Å². The van der Waals surface area contributed by atoms with Crippen LogP contribution in [0.1, 0.15) is 36.2 Å². The number of hydrogen-bond acceptors (Lipinski definition) is 11. The maximum absolute atomic E-state index is 12.6. The highest BCUT2D eigenvalue weighted by atomic mass is 16.5. The second-order valence-corrected chi connectivity index (χ2v) is 11.8. The van der Waals surface area contributed by atoms with E-state index < -0.39 is 5.91 Å². The molecule has 4 N–H and O–H groups in total. The summed E-state index contributed by atoms with van der Waals surface area (Å²) in [5.74, 6) is 0.623. The molecule has 12 heteroatoms. The van der Waals surface area contributed by atoms with Gasteiger partial charge in [0.2, 0.25) is 0 Å². The topological polar surface area (TPSA) is 134 Å². The quantitative estimate of drug-likeness (QED) is 0.334. The van der Waals surface area contributed by atoms with E-state index in [1.54, 1.807) is 25.4 Å². The van der Waals surface area contributed by atoms with Crippen molar-refractivity contribution in [1.82, 2.24) is 24.8 Å². The molecule has 3 fully saturated rings. The maximum atomic E-state index is 12.6. The Hall–Kier alpha value is -4.00. The number of nitrogens with zero attached hydrogens (tertiary/aromatic N) is 6. The minimum Gasteiger partial charge on any atom is -0.494 e. The lowest BCUT2D eigenvalue weighted by atomic mass is 10.0. The molecule has 1 amide bonds. The molecule has 3 aromatic rings. The van der Waals surface area contributed by atoms with E-state index in [0.717, 1.165) is 44.7 Å². The molecule has 0 unspecified atom stereocenters. The first-order chi connectivity index (χ1) is 21.5. The van der Waals surface area contributed by atoms with Crippen LogP contribution < -0.4 is 26.0 Å². The molecular weight excluding hydrogens is 558 g/mol. The number of benzene rings is 1. The van der Waals surface area contributed by atoms with Crippen molar-refractivity contribution < 1.29 is 14.3 Å². The molecule has 0 spiro atoms. The number of piperidine rings is 1. The Kier molecular flexibility index (Phi) is 9.39. The average Bonchev–Trinajstić information content (AvgIpc) is 3.06. The number of carbonyl (C=O) groups excluding carboxylic acids is 1. The number of rotatable bonds is 9. The highest BCUT2D eigenvalue weighted by Crippen LogP contribution is 2.34. The minimum absolute atomic E-state index is 0.0280. The van der Waals surface area contributed by atoms with Crippen molar-refractivity contribution in [3.63, 3.8) is 0 Å². The van der Waals surface area contributed by atoms with Crippen molar-refractivity contribution in [2.24, 2.45) is 5.73 Å². The molecule has 0 saturated carbocycles. The zero-order chi connectivity index (χ0) is 30.5. The Bertz CT molecular complexity index is 1410. The summed E-state index contributed by atoms with van der Waals surface area (Å²) >= 11 is 0.